The van der Waals surface area contributed by atoms with Gasteiger partial charge in [0.15, 0.2) is 0 Å². The largest absolute Gasteiger partial charge is 0.245 e. The van der Waals surface area contributed by atoms with Crippen LogP contribution in [-0.2, 0) is 5.41 Å². The molecule has 0 unspecified atom stereocenters. The summed E-state index contributed by atoms with van der Waals surface area (Å²) < 4.78 is 0. The van der Waals surface area contributed by atoms with E-state index in [9.17, 15) is 0 Å². The standard InChI is InChI=1S/C21H32N2S2/c1-5-7-9-11-13-21(14-12-10-8-6-2)19-17(24-15(3)22-19)18-20(21)23-16(4)25-18/h5-14H2,1-4H3. The number of hydrogen-bond donors (Lipinski definition) is 0. The first-order valence-corrected chi connectivity index (χ1v) is 11.7. The van der Waals surface area contributed by atoms with E-state index in [1.165, 1.54) is 95.4 Å². The van der Waals surface area contributed by atoms with Crippen LogP contribution in [0.2, 0.25) is 0 Å². The molecule has 0 aliphatic heterocycles. The summed E-state index contributed by atoms with van der Waals surface area (Å²) in [6.45, 7) is 8.91. The lowest BCUT2D eigenvalue weighted by molar-refractivity contribution is 0.386. The van der Waals surface area contributed by atoms with Gasteiger partial charge in [-0.3, -0.25) is 0 Å². The molecule has 0 saturated carbocycles. The minimum absolute atomic E-state index is 0.0989. The second-order valence-electron chi connectivity index (χ2n) is 7.52. The van der Waals surface area contributed by atoms with Gasteiger partial charge in [-0.15, -0.1) is 22.7 Å². The van der Waals surface area contributed by atoms with E-state index in [0.29, 0.717) is 0 Å². The second kappa shape index (κ2) is 8.30. The Bertz CT molecular complexity index is 639. The van der Waals surface area contributed by atoms with Crippen molar-refractivity contribution in [3.63, 3.8) is 0 Å². The third-order valence-corrected chi connectivity index (χ3v) is 7.60. The van der Waals surface area contributed by atoms with E-state index < -0.39 is 0 Å². The average molecular weight is 377 g/mol. The molecule has 0 N–H and O–H groups in total. The molecule has 0 bridgehead atoms. The van der Waals surface area contributed by atoms with Gasteiger partial charge >= 0.3 is 0 Å². The van der Waals surface area contributed by atoms with Crippen LogP contribution in [0.4, 0.5) is 0 Å². The van der Waals surface area contributed by atoms with E-state index in [-0.39, 0.29) is 5.41 Å². The molecule has 0 saturated heterocycles. The lowest BCUT2D eigenvalue weighted by Gasteiger charge is -2.29. The van der Waals surface area contributed by atoms with Gasteiger partial charge in [-0.25, -0.2) is 9.97 Å². The molecule has 2 nitrogen and oxygen atoms in total. The fraction of sp³-hybridized carbons (Fsp3) is 0.714. The van der Waals surface area contributed by atoms with Crippen molar-refractivity contribution in [1.29, 1.82) is 0 Å². The van der Waals surface area contributed by atoms with Crippen LogP contribution in [0.1, 0.15) is 99.5 Å². The molecule has 2 aromatic rings. The molecule has 0 atom stereocenters. The highest BCUT2D eigenvalue weighted by molar-refractivity contribution is 7.22. The maximum absolute atomic E-state index is 5.04. The molecular weight excluding hydrogens is 344 g/mol. The molecule has 0 amide bonds. The molecule has 2 heterocycles. The lowest BCUT2D eigenvalue weighted by atomic mass is 9.75. The van der Waals surface area contributed by atoms with Crippen LogP contribution in [0.3, 0.4) is 0 Å². The zero-order valence-electron chi connectivity index (χ0n) is 16.3. The zero-order chi connectivity index (χ0) is 17.9. The molecule has 0 fully saturated rings. The van der Waals surface area contributed by atoms with E-state index in [2.05, 4.69) is 27.7 Å². The summed E-state index contributed by atoms with van der Waals surface area (Å²) in [6.07, 6.45) is 13.0. The van der Waals surface area contributed by atoms with Crippen molar-refractivity contribution in [3.05, 3.63) is 21.4 Å². The summed E-state index contributed by atoms with van der Waals surface area (Å²) in [6, 6.07) is 0. The van der Waals surface area contributed by atoms with Gasteiger partial charge in [0.2, 0.25) is 0 Å². The zero-order valence-corrected chi connectivity index (χ0v) is 17.9. The van der Waals surface area contributed by atoms with Crippen molar-refractivity contribution >= 4 is 22.7 Å². The number of hydrogen-bond acceptors (Lipinski definition) is 4. The summed E-state index contributed by atoms with van der Waals surface area (Å²) in [5, 5.41) is 2.43. The normalized spacial score (nSPS) is 14.7. The van der Waals surface area contributed by atoms with Crippen molar-refractivity contribution in [3.8, 4) is 9.75 Å². The monoisotopic (exact) mass is 376 g/mol. The van der Waals surface area contributed by atoms with Crippen LogP contribution in [-0.4, -0.2) is 9.97 Å². The van der Waals surface area contributed by atoms with Crippen LogP contribution in [0.15, 0.2) is 0 Å². The van der Waals surface area contributed by atoms with Crippen LogP contribution in [0, 0.1) is 13.8 Å². The molecule has 25 heavy (non-hydrogen) atoms. The SMILES string of the molecule is CCCCCCC1(CCCCCC)c2nc(C)sc2-c2sc(C)nc21. The summed E-state index contributed by atoms with van der Waals surface area (Å²) in [5.74, 6) is 0. The first-order valence-electron chi connectivity index (χ1n) is 10.1. The Morgan fingerprint density at radius 1 is 0.680 bits per heavy atom. The van der Waals surface area contributed by atoms with E-state index in [1.54, 1.807) is 0 Å². The van der Waals surface area contributed by atoms with Crippen molar-refractivity contribution in [2.45, 2.75) is 97.3 Å². The predicted octanol–water partition coefficient (Wildman–Crippen LogP) is 7.42. The van der Waals surface area contributed by atoms with E-state index >= 15 is 0 Å². The Kier molecular flexibility index (Phi) is 6.32. The first-order chi connectivity index (χ1) is 12.1. The molecule has 1 aliphatic carbocycles. The number of aryl methyl sites for hydroxylation is 2. The number of rotatable bonds is 10. The third kappa shape index (κ3) is 3.71. The predicted molar refractivity (Wildman–Crippen MR) is 111 cm³/mol. The number of aromatic nitrogens is 2. The number of nitrogens with zero attached hydrogens (tertiary/aromatic N) is 2. The summed E-state index contributed by atoms with van der Waals surface area (Å²) in [7, 11) is 0. The van der Waals surface area contributed by atoms with Gasteiger partial charge in [-0.2, -0.15) is 0 Å². The Hall–Kier alpha value is -0.740. The summed E-state index contributed by atoms with van der Waals surface area (Å²) in [4.78, 5) is 13.0. The average Bonchev–Trinajstić information content (AvgIpc) is 3.21. The molecule has 0 aromatic carbocycles. The van der Waals surface area contributed by atoms with E-state index in [1.807, 2.05) is 22.7 Å². The van der Waals surface area contributed by atoms with E-state index in [4.69, 9.17) is 9.97 Å². The fourth-order valence-corrected chi connectivity index (χ4v) is 6.40. The third-order valence-electron chi connectivity index (χ3n) is 5.50. The number of fused-ring (bicyclic) bond motifs is 3. The lowest BCUT2D eigenvalue weighted by Crippen LogP contribution is -2.27. The van der Waals surface area contributed by atoms with Crippen molar-refractivity contribution in [2.75, 3.05) is 0 Å². The molecular formula is C21H32N2S2. The smallest absolute Gasteiger partial charge is 0.0904 e. The Labute approximate surface area is 161 Å². The maximum Gasteiger partial charge on any atom is 0.0904 e. The minimum Gasteiger partial charge on any atom is -0.245 e. The molecule has 1 aliphatic rings. The first kappa shape index (κ1) is 19.0. The van der Waals surface area contributed by atoms with Crippen LogP contribution in [0.25, 0.3) is 9.75 Å². The quantitative estimate of drug-likeness (QED) is 0.403. The van der Waals surface area contributed by atoms with Gasteiger partial charge in [-0.05, 0) is 26.7 Å². The van der Waals surface area contributed by atoms with Crippen LogP contribution in [0.5, 0.6) is 0 Å². The van der Waals surface area contributed by atoms with Gasteiger partial charge in [0, 0.05) is 0 Å². The van der Waals surface area contributed by atoms with Gasteiger partial charge in [0.05, 0.1) is 36.6 Å². The summed E-state index contributed by atoms with van der Waals surface area (Å²) >= 11 is 3.76. The van der Waals surface area contributed by atoms with Crippen molar-refractivity contribution < 1.29 is 0 Å². The second-order valence-corrected chi connectivity index (χ2v) is 9.93. The highest BCUT2D eigenvalue weighted by atomic mass is 32.1. The van der Waals surface area contributed by atoms with Gasteiger partial charge < -0.3 is 0 Å². The molecule has 3 rings (SSSR count). The topological polar surface area (TPSA) is 25.8 Å². The number of thiazole rings is 2. The fourth-order valence-electron chi connectivity index (χ4n) is 4.23. The van der Waals surface area contributed by atoms with Crippen molar-refractivity contribution in [1.82, 2.24) is 9.97 Å². The highest BCUT2D eigenvalue weighted by Crippen LogP contribution is 2.57. The molecule has 0 radical (unpaired) electrons. The molecule has 2 aromatic heterocycles. The molecule has 138 valence electrons. The van der Waals surface area contributed by atoms with Crippen LogP contribution < -0.4 is 0 Å². The van der Waals surface area contributed by atoms with E-state index in [0.717, 1.165) is 0 Å². The van der Waals surface area contributed by atoms with Gasteiger partial charge in [-0.1, -0.05) is 65.2 Å². The Morgan fingerprint density at radius 2 is 1.12 bits per heavy atom. The molecule has 4 heteroatoms. The highest BCUT2D eigenvalue weighted by Gasteiger charge is 2.47. The maximum atomic E-state index is 5.04. The van der Waals surface area contributed by atoms with Gasteiger partial charge in [0.1, 0.15) is 0 Å². The Morgan fingerprint density at radius 3 is 1.52 bits per heavy atom. The van der Waals surface area contributed by atoms with Gasteiger partial charge in [0.25, 0.3) is 0 Å². The summed E-state index contributed by atoms with van der Waals surface area (Å²) in [5.41, 5.74) is 2.84. The van der Waals surface area contributed by atoms with Crippen molar-refractivity contribution in [2.24, 2.45) is 0 Å². The number of unbranched alkanes of at least 4 members (excludes halogenated alkanes) is 6. The Balaban J connectivity index is 1.93. The minimum atomic E-state index is 0.0989. The van der Waals surface area contributed by atoms with Crippen LogP contribution >= 0.6 is 22.7 Å². The molecule has 0 spiro atoms.